The maximum Gasteiger partial charge on any atom is 0.127 e. The van der Waals surface area contributed by atoms with Gasteiger partial charge in [0.2, 0.25) is 0 Å². The summed E-state index contributed by atoms with van der Waals surface area (Å²) in [5.74, 6) is 1.32. The Morgan fingerprint density at radius 1 is 1.41 bits per heavy atom. The van der Waals surface area contributed by atoms with Crippen molar-refractivity contribution in [3.8, 4) is 5.75 Å². The second-order valence-corrected chi connectivity index (χ2v) is 7.08. The molecule has 1 aliphatic heterocycles. The van der Waals surface area contributed by atoms with E-state index in [9.17, 15) is 9.50 Å². The molecule has 1 aliphatic carbocycles. The van der Waals surface area contributed by atoms with Crippen LogP contribution in [0.5, 0.6) is 5.75 Å². The van der Waals surface area contributed by atoms with E-state index >= 15 is 0 Å². The zero-order chi connectivity index (χ0) is 15.6. The monoisotopic (exact) mass is 307 g/mol. The molecule has 3 nitrogen and oxygen atoms in total. The normalized spacial score (nSPS) is 26.1. The lowest BCUT2D eigenvalue weighted by molar-refractivity contribution is 0.0176. The first-order valence-corrected chi connectivity index (χ1v) is 8.30. The lowest BCUT2D eigenvalue weighted by atomic mass is 9.76. The third kappa shape index (κ3) is 3.61. The maximum atomic E-state index is 14.0. The third-order valence-corrected chi connectivity index (χ3v) is 5.14. The van der Waals surface area contributed by atoms with Gasteiger partial charge in [-0.25, -0.2) is 4.39 Å². The van der Waals surface area contributed by atoms with Gasteiger partial charge in [0.15, 0.2) is 0 Å². The Bertz CT molecular complexity index is 518. The van der Waals surface area contributed by atoms with Crippen LogP contribution in [0.1, 0.15) is 37.7 Å². The number of aliphatic hydroxyl groups excluding tert-OH is 1. The van der Waals surface area contributed by atoms with Crippen LogP contribution < -0.4 is 4.74 Å². The van der Waals surface area contributed by atoms with Crippen LogP contribution in [0.15, 0.2) is 18.2 Å². The highest BCUT2D eigenvalue weighted by Crippen LogP contribution is 2.44. The van der Waals surface area contributed by atoms with Crippen LogP contribution in [0.3, 0.4) is 0 Å². The molecule has 4 heteroatoms. The molecule has 2 fully saturated rings. The molecular formula is C18H26FNO2. The van der Waals surface area contributed by atoms with E-state index in [-0.39, 0.29) is 17.8 Å². The number of ether oxygens (including phenoxy) is 1. The second kappa shape index (κ2) is 6.55. The van der Waals surface area contributed by atoms with E-state index in [1.807, 2.05) is 0 Å². The SMILES string of the molecule is COc1ccc(F)c(CN2CCC[C@@](CO)(CC3CC3)C2)c1. The van der Waals surface area contributed by atoms with Crippen molar-refractivity contribution in [3.05, 3.63) is 29.6 Å². The van der Waals surface area contributed by atoms with Gasteiger partial charge in [-0.2, -0.15) is 0 Å². The number of methoxy groups -OCH3 is 1. The average Bonchev–Trinajstić information content (AvgIpc) is 3.33. The van der Waals surface area contributed by atoms with Crippen LogP contribution in [0.4, 0.5) is 4.39 Å². The fraction of sp³-hybridized carbons (Fsp3) is 0.667. The molecule has 0 spiro atoms. The van der Waals surface area contributed by atoms with E-state index in [0.717, 1.165) is 38.3 Å². The van der Waals surface area contributed by atoms with Crippen LogP contribution in [-0.2, 0) is 6.54 Å². The van der Waals surface area contributed by atoms with Crippen molar-refractivity contribution < 1.29 is 14.2 Å². The van der Waals surface area contributed by atoms with E-state index < -0.39 is 0 Å². The number of hydrogen-bond donors (Lipinski definition) is 1. The maximum absolute atomic E-state index is 14.0. The summed E-state index contributed by atoms with van der Waals surface area (Å²) in [4.78, 5) is 2.29. The summed E-state index contributed by atoms with van der Waals surface area (Å²) in [6.07, 6.45) is 5.93. The zero-order valence-corrected chi connectivity index (χ0v) is 13.4. The van der Waals surface area contributed by atoms with Gasteiger partial charge in [-0.05, 0) is 49.9 Å². The van der Waals surface area contributed by atoms with Crippen LogP contribution in [0, 0.1) is 17.2 Å². The number of nitrogens with zero attached hydrogens (tertiary/aromatic N) is 1. The van der Waals surface area contributed by atoms with Crippen molar-refractivity contribution in [2.75, 3.05) is 26.8 Å². The van der Waals surface area contributed by atoms with E-state index in [2.05, 4.69) is 4.90 Å². The van der Waals surface area contributed by atoms with Crippen molar-refractivity contribution in [2.24, 2.45) is 11.3 Å². The first kappa shape index (κ1) is 15.8. The minimum absolute atomic E-state index is 0.0226. The molecule has 1 atom stereocenters. The Morgan fingerprint density at radius 2 is 2.23 bits per heavy atom. The molecule has 0 aromatic heterocycles. The predicted octanol–water partition coefficient (Wildman–Crippen LogP) is 3.21. The summed E-state index contributed by atoms with van der Waals surface area (Å²) in [6.45, 7) is 2.69. The van der Waals surface area contributed by atoms with E-state index in [0.29, 0.717) is 17.9 Å². The highest BCUT2D eigenvalue weighted by atomic mass is 19.1. The molecular weight excluding hydrogens is 281 g/mol. The minimum Gasteiger partial charge on any atom is -0.497 e. The summed E-state index contributed by atoms with van der Waals surface area (Å²) in [6, 6.07) is 4.91. The number of piperidine rings is 1. The summed E-state index contributed by atoms with van der Waals surface area (Å²) < 4.78 is 19.2. The molecule has 1 saturated heterocycles. The zero-order valence-electron chi connectivity index (χ0n) is 13.4. The summed E-state index contributed by atoms with van der Waals surface area (Å²) in [5.41, 5.74) is 0.703. The van der Waals surface area contributed by atoms with Gasteiger partial charge in [-0.3, -0.25) is 4.90 Å². The smallest absolute Gasteiger partial charge is 0.127 e. The fourth-order valence-electron chi connectivity index (χ4n) is 3.78. The highest BCUT2D eigenvalue weighted by Gasteiger charge is 2.39. The molecule has 2 aliphatic rings. The minimum atomic E-state index is -0.178. The van der Waals surface area contributed by atoms with E-state index in [1.165, 1.54) is 18.9 Å². The average molecular weight is 307 g/mol. The van der Waals surface area contributed by atoms with Crippen LogP contribution >= 0.6 is 0 Å². The summed E-state index contributed by atoms with van der Waals surface area (Å²) in [5, 5.41) is 9.92. The van der Waals surface area contributed by atoms with Gasteiger partial charge in [0.05, 0.1) is 7.11 Å². The third-order valence-electron chi connectivity index (χ3n) is 5.14. The second-order valence-electron chi connectivity index (χ2n) is 7.08. The standard InChI is InChI=1S/C18H26FNO2/c1-22-16-5-6-17(19)15(9-16)11-20-8-2-7-18(12-20,13-21)10-14-3-4-14/h5-6,9,14,21H,2-4,7-8,10-13H2,1H3/t18-/m1/s1. The first-order valence-electron chi connectivity index (χ1n) is 8.30. The van der Waals surface area contributed by atoms with Gasteiger partial charge in [-0.1, -0.05) is 12.8 Å². The molecule has 1 aromatic rings. The molecule has 0 bridgehead atoms. The molecule has 0 radical (unpaired) electrons. The van der Waals surface area contributed by atoms with Gasteiger partial charge in [0, 0.05) is 30.7 Å². The molecule has 1 saturated carbocycles. The highest BCUT2D eigenvalue weighted by molar-refractivity contribution is 5.29. The van der Waals surface area contributed by atoms with Gasteiger partial charge < -0.3 is 9.84 Å². The number of hydrogen-bond acceptors (Lipinski definition) is 3. The quantitative estimate of drug-likeness (QED) is 0.876. The molecule has 1 aromatic carbocycles. The number of aliphatic hydroxyl groups is 1. The first-order chi connectivity index (χ1) is 10.6. The fourth-order valence-corrected chi connectivity index (χ4v) is 3.78. The van der Waals surface area contributed by atoms with Crippen molar-refractivity contribution in [2.45, 2.75) is 38.6 Å². The predicted molar refractivity (Wildman–Crippen MR) is 84.3 cm³/mol. The molecule has 1 heterocycles. The number of halogens is 1. The van der Waals surface area contributed by atoms with Gasteiger partial charge in [0.1, 0.15) is 11.6 Å². The Balaban J connectivity index is 1.69. The van der Waals surface area contributed by atoms with Crippen molar-refractivity contribution in [1.82, 2.24) is 4.90 Å². The van der Waals surface area contributed by atoms with Crippen LogP contribution in [-0.4, -0.2) is 36.8 Å². The van der Waals surface area contributed by atoms with Gasteiger partial charge in [0.25, 0.3) is 0 Å². The van der Waals surface area contributed by atoms with E-state index in [1.54, 1.807) is 19.2 Å². The molecule has 122 valence electrons. The van der Waals surface area contributed by atoms with Crippen LogP contribution in [0.25, 0.3) is 0 Å². The molecule has 3 rings (SSSR count). The van der Waals surface area contributed by atoms with Crippen molar-refractivity contribution >= 4 is 0 Å². The Morgan fingerprint density at radius 3 is 2.91 bits per heavy atom. The molecule has 0 amide bonds. The molecule has 22 heavy (non-hydrogen) atoms. The topological polar surface area (TPSA) is 32.7 Å². The van der Waals surface area contributed by atoms with Crippen molar-refractivity contribution in [3.63, 3.8) is 0 Å². The van der Waals surface area contributed by atoms with E-state index in [4.69, 9.17) is 4.74 Å². The molecule has 0 unspecified atom stereocenters. The van der Waals surface area contributed by atoms with Gasteiger partial charge >= 0.3 is 0 Å². The number of rotatable bonds is 6. The van der Waals surface area contributed by atoms with Crippen LogP contribution in [0.2, 0.25) is 0 Å². The Labute approximate surface area is 132 Å². The lowest BCUT2D eigenvalue weighted by Gasteiger charge is -2.42. The molecule has 1 N–H and O–H groups in total. The van der Waals surface area contributed by atoms with Gasteiger partial charge in [-0.15, -0.1) is 0 Å². The summed E-state index contributed by atoms with van der Waals surface area (Å²) >= 11 is 0. The number of benzene rings is 1. The summed E-state index contributed by atoms with van der Waals surface area (Å²) in [7, 11) is 1.60. The lowest BCUT2D eigenvalue weighted by Crippen LogP contribution is -2.45. The number of likely N-dealkylation sites (tertiary alicyclic amines) is 1. The largest absolute Gasteiger partial charge is 0.497 e. The van der Waals surface area contributed by atoms with Crippen molar-refractivity contribution in [1.29, 1.82) is 0 Å². The Hall–Kier alpha value is -1.13. The Kier molecular flexibility index (Phi) is 4.69.